The summed E-state index contributed by atoms with van der Waals surface area (Å²) in [5.74, 6) is -2.20. The van der Waals surface area contributed by atoms with Crippen molar-refractivity contribution in [2.75, 3.05) is 17.5 Å². The maximum absolute atomic E-state index is 11.7. The summed E-state index contributed by atoms with van der Waals surface area (Å²) in [5.41, 5.74) is 0.256. The van der Waals surface area contributed by atoms with Crippen LogP contribution in [-0.2, 0) is 14.8 Å². The minimum atomic E-state index is -3.85. The van der Waals surface area contributed by atoms with Crippen LogP contribution in [-0.4, -0.2) is 38.2 Å². The highest BCUT2D eigenvalue weighted by atomic mass is 35.5. The summed E-state index contributed by atoms with van der Waals surface area (Å²) < 4.78 is 25.5. The van der Waals surface area contributed by atoms with Crippen molar-refractivity contribution in [3.05, 3.63) is 28.8 Å². The first kappa shape index (κ1) is 16.3. The van der Waals surface area contributed by atoms with Gasteiger partial charge in [0.1, 0.15) is 0 Å². The van der Waals surface area contributed by atoms with E-state index in [-0.39, 0.29) is 16.3 Å². The molecule has 1 rings (SSSR count). The minimum absolute atomic E-state index is 0.0261. The van der Waals surface area contributed by atoms with E-state index in [1.165, 1.54) is 25.2 Å². The van der Waals surface area contributed by atoms with E-state index >= 15 is 0 Å². The molecule has 0 aliphatic rings. The zero-order valence-corrected chi connectivity index (χ0v) is 12.1. The number of anilines is 1. The molecule has 0 aliphatic carbocycles. The molecule has 0 heterocycles. The highest BCUT2D eigenvalue weighted by Crippen LogP contribution is 2.24. The second-order valence-corrected chi connectivity index (χ2v) is 6.09. The van der Waals surface area contributed by atoms with E-state index in [1.54, 1.807) is 0 Å². The molecule has 0 bridgehead atoms. The number of benzene rings is 1. The van der Waals surface area contributed by atoms with E-state index in [1.807, 2.05) is 0 Å². The van der Waals surface area contributed by atoms with E-state index in [4.69, 9.17) is 16.7 Å². The number of nitrogens with one attached hydrogen (secondary N) is 2. The van der Waals surface area contributed by atoms with E-state index in [0.29, 0.717) is 0 Å². The number of sulfonamides is 1. The molecule has 0 saturated heterocycles. The van der Waals surface area contributed by atoms with Crippen molar-refractivity contribution in [1.82, 2.24) is 5.32 Å². The molecule has 1 aromatic carbocycles. The predicted molar refractivity (Wildman–Crippen MR) is 74.5 cm³/mol. The second-order valence-electron chi connectivity index (χ2n) is 3.84. The molecule has 0 unspecified atom stereocenters. The van der Waals surface area contributed by atoms with Gasteiger partial charge in [0.2, 0.25) is 10.0 Å². The van der Waals surface area contributed by atoms with Gasteiger partial charge in [-0.1, -0.05) is 11.6 Å². The Balaban J connectivity index is 2.96. The van der Waals surface area contributed by atoms with E-state index in [0.717, 1.165) is 0 Å². The first-order valence-electron chi connectivity index (χ1n) is 5.49. The van der Waals surface area contributed by atoms with Crippen LogP contribution in [0.25, 0.3) is 0 Å². The molecule has 20 heavy (non-hydrogen) atoms. The van der Waals surface area contributed by atoms with Gasteiger partial charge in [-0.05, 0) is 18.2 Å². The van der Waals surface area contributed by atoms with Crippen LogP contribution in [0.1, 0.15) is 16.8 Å². The van der Waals surface area contributed by atoms with Crippen molar-refractivity contribution in [3.8, 4) is 0 Å². The molecule has 1 amide bonds. The summed E-state index contributed by atoms with van der Waals surface area (Å²) in [7, 11) is -2.41. The maximum atomic E-state index is 11.7. The predicted octanol–water partition coefficient (Wildman–Crippen LogP) is 0.916. The first-order valence-corrected chi connectivity index (χ1v) is 7.52. The summed E-state index contributed by atoms with van der Waals surface area (Å²) in [4.78, 5) is 21.8. The van der Waals surface area contributed by atoms with Gasteiger partial charge in [0.25, 0.3) is 5.91 Å². The van der Waals surface area contributed by atoms with Gasteiger partial charge in [0.15, 0.2) is 0 Å². The number of carboxylic acids is 1. The Labute approximate surface area is 121 Å². The number of aliphatic carboxylic acids is 1. The van der Waals surface area contributed by atoms with Gasteiger partial charge in [0.05, 0.1) is 22.9 Å². The summed E-state index contributed by atoms with van der Waals surface area (Å²) in [6, 6.07) is 4.09. The molecule has 0 aliphatic heterocycles. The van der Waals surface area contributed by atoms with Crippen molar-refractivity contribution in [1.29, 1.82) is 0 Å². The summed E-state index contributed by atoms with van der Waals surface area (Å²) in [6.45, 7) is 0. The lowest BCUT2D eigenvalue weighted by atomic mass is 10.2. The van der Waals surface area contributed by atoms with Gasteiger partial charge in [-0.25, -0.2) is 8.42 Å². The quantitative estimate of drug-likeness (QED) is 0.721. The van der Waals surface area contributed by atoms with E-state index in [2.05, 4.69) is 10.0 Å². The molecule has 0 atom stereocenters. The number of amides is 1. The largest absolute Gasteiger partial charge is 0.481 e. The third kappa shape index (κ3) is 4.71. The molecule has 0 aromatic heterocycles. The highest BCUT2D eigenvalue weighted by Gasteiger charge is 2.16. The molecular weight excluding hydrogens is 308 g/mol. The van der Waals surface area contributed by atoms with Crippen LogP contribution in [0.5, 0.6) is 0 Å². The molecular formula is C11H13ClN2O5S. The van der Waals surface area contributed by atoms with E-state index in [9.17, 15) is 18.0 Å². The van der Waals surface area contributed by atoms with Crippen LogP contribution >= 0.6 is 11.6 Å². The topological polar surface area (TPSA) is 113 Å². The third-order valence-corrected chi connectivity index (χ3v) is 3.91. The van der Waals surface area contributed by atoms with Gasteiger partial charge in [0, 0.05) is 12.6 Å². The number of rotatable bonds is 6. The fourth-order valence-electron chi connectivity index (χ4n) is 1.33. The van der Waals surface area contributed by atoms with Gasteiger partial charge in [-0.3, -0.25) is 14.3 Å². The van der Waals surface area contributed by atoms with Crippen LogP contribution < -0.4 is 10.0 Å². The Bertz CT molecular complexity index is 630. The third-order valence-electron chi connectivity index (χ3n) is 2.31. The fourth-order valence-corrected chi connectivity index (χ4v) is 2.60. The second kappa shape index (κ2) is 6.58. The standard InChI is InChI=1S/C11H13ClN2O5S/c1-13-11(17)7-2-3-8(12)9(6-7)14-20(18,19)5-4-10(15)16/h2-3,6,14H,4-5H2,1H3,(H,13,17)(H,15,16). The number of carboxylic acid groups (broad SMARTS) is 1. The van der Waals surface area contributed by atoms with Gasteiger partial charge < -0.3 is 10.4 Å². The first-order chi connectivity index (χ1) is 9.25. The lowest BCUT2D eigenvalue weighted by Gasteiger charge is -2.10. The zero-order valence-electron chi connectivity index (χ0n) is 10.5. The average molecular weight is 321 g/mol. The zero-order chi connectivity index (χ0) is 15.3. The molecule has 7 nitrogen and oxygen atoms in total. The van der Waals surface area contributed by atoms with Crippen LogP contribution in [0, 0.1) is 0 Å². The van der Waals surface area contributed by atoms with Crippen molar-refractivity contribution >= 4 is 39.2 Å². The van der Waals surface area contributed by atoms with E-state index < -0.39 is 34.1 Å². The molecule has 3 N–H and O–H groups in total. The van der Waals surface area contributed by atoms with Crippen molar-refractivity contribution in [2.24, 2.45) is 0 Å². The number of carbonyl (C=O) groups is 2. The van der Waals surface area contributed by atoms with Crippen molar-refractivity contribution in [3.63, 3.8) is 0 Å². The van der Waals surface area contributed by atoms with Crippen molar-refractivity contribution < 1.29 is 23.1 Å². The van der Waals surface area contributed by atoms with Crippen LogP contribution in [0.2, 0.25) is 5.02 Å². The Morgan fingerprint density at radius 3 is 2.55 bits per heavy atom. The Kier molecular flexibility index (Phi) is 5.34. The number of hydrogen-bond donors (Lipinski definition) is 3. The molecule has 9 heteroatoms. The summed E-state index contributed by atoms with van der Waals surface area (Å²) in [6.07, 6.45) is -0.526. The average Bonchev–Trinajstić information content (AvgIpc) is 2.38. The highest BCUT2D eigenvalue weighted by molar-refractivity contribution is 7.92. The minimum Gasteiger partial charge on any atom is -0.481 e. The monoisotopic (exact) mass is 320 g/mol. The molecule has 0 radical (unpaired) electrons. The fraction of sp³-hybridized carbons (Fsp3) is 0.273. The molecule has 110 valence electrons. The Hall–Kier alpha value is -1.80. The van der Waals surface area contributed by atoms with Crippen LogP contribution in [0.15, 0.2) is 18.2 Å². The number of halogens is 1. The summed E-state index contributed by atoms with van der Waals surface area (Å²) in [5, 5.41) is 11.0. The lowest BCUT2D eigenvalue weighted by Crippen LogP contribution is -2.20. The van der Waals surface area contributed by atoms with Gasteiger partial charge in [-0.2, -0.15) is 0 Å². The smallest absolute Gasteiger partial charge is 0.304 e. The Morgan fingerprint density at radius 2 is 2.00 bits per heavy atom. The lowest BCUT2D eigenvalue weighted by molar-refractivity contribution is -0.136. The normalized spacial score (nSPS) is 10.9. The molecule has 0 fully saturated rings. The van der Waals surface area contributed by atoms with Gasteiger partial charge >= 0.3 is 5.97 Å². The van der Waals surface area contributed by atoms with Crippen molar-refractivity contribution in [2.45, 2.75) is 6.42 Å². The van der Waals surface area contributed by atoms with Crippen LogP contribution in [0.4, 0.5) is 5.69 Å². The number of carbonyl (C=O) groups excluding carboxylic acids is 1. The Morgan fingerprint density at radius 1 is 1.35 bits per heavy atom. The number of hydrogen-bond acceptors (Lipinski definition) is 4. The summed E-state index contributed by atoms with van der Waals surface area (Å²) >= 11 is 5.84. The molecule has 0 saturated carbocycles. The SMILES string of the molecule is CNC(=O)c1ccc(Cl)c(NS(=O)(=O)CCC(=O)O)c1. The van der Waals surface area contributed by atoms with Gasteiger partial charge in [-0.15, -0.1) is 0 Å². The molecule has 1 aromatic rings. The van der Waals surface area contributed by atoms with Crippen LogP contribution in [0.3, 0.4) is 0 Å². The molecule has 0 spiro atoms. The maximum Gasteiger partial charge on any atom is 0.304 e.